The first-order valence-electron chi connectivity index (χ1n) is 8.56. The smallest absolute Gasteiger partial charge is 0.105 e. The molecule has 2 aliphatic rings. The molecule has 0 aromatic heterocycles. The van der Waals surface area contributed by atoms with Crippen LogP contribution < -0.4 is 11.5 Å². The van der Waals surface area contributed by atoms with Crippen molar-refractivity contribution in [2.75, 3.05) is 24.6 Å². The molecular formula is C16H32Cl2N4S2. The van der Waals surface area contributed by atoms with Gasteiger partial charge in [-0.3, -0.25) is 9.98 Å². The van der Waals surface area contributed by atoms with E-state index in [4.69, 9.17) is 11.5 Å². The van der Waals surface area contributed by atoms with E-state index in [1.165, 1.54) is 51.4 Å². The molecule has 2 aliphatic carbocycles. The summed E-state index contributed by atoms with van der Waals surface area (Å²) in [5, 5.41) is 0. The Morgan fingerprint density at radius 1 is 0.708 bits per heavy atom. The molecule has 4 nitrogen and oxygen atoms in total. The van der Waals surface area contributed by atoms with Crippen molar-refractivity contribution in [3.05, 3.63) is 0 Å². The third-order valence-electron chi connectivity index (χ3n) is 4.55. The fraction of sp³-hybridized carbons (Fsp3) is 0.875. The van der Waals surface area contributed by atoms with Crippen LogP contribution in [0, 0.1) is 11.8 Å². The first kappa shape index (κ1) is 24.2. The summed E-state index contributed by atoms with van der Waals surface area (Å²) in [6.45, 7) is 1.84. The van der Waals surface area contributed by atoms with Crippen molar-refractivity contribution in [3.8, 4) is 0 Å². The van der Waals surface area contributed by atoms with E-state index < -0.39 is 0 Å². The van der Waals surface area contributed by atoms with Gasteiger partial charge in [-0.05, 0) is 37.5 Å². The number of rotatable bonds is 9. The second kappa shape index (κ2) is 14.4. The number of nitrogens with zero attached hydrogens (tertiary/aromatic N) is 2. The largest absolute Gasteiger partial charge is 0.387 e. The summed E-state index contributed by atoms with van der Waals surface area (Å²) in [5.41, 5.74) is 11.9. The number of nitrogens with two attached hydrogens (primary N) is 2. The highest BCUT2D eigenvalue weighted by Crippen LogP contribution is 2.26. The highest BCUT2D eigenvalue weighted by molar-refractivity contribution is 8.77. The molecule has 0 aliphatic heterocycles. The van der Waals surface area contributed by atoms with Gasteiger partial charge in [0.25, 0.3) is 0 Å². The SMILES string of the molecule is Cl.Cl.NC(CSSCC(N)=NCC1CCCC1)=NCC1CCCC1. The summed E-state index contributed by atoms with van der Waals surface area (Å²) in [5.74, 6) is 4.65. The predicted molar refractivity (Wildman–Crippen MR) is 116 cm³/mol. The molecule has 0 amide bonds. The Bertz CT molecular complexity index is 346. The minimum absolute atomic E-state index is 0. The van der Waals surface area contributed by atoms with Crippen molar-refractivity contribution in [2.45, 2.75) is 51.4 Å². The quantitative estimate of drug-likeness (QED) is 0.255. The lowest BCUT2D eigenvalue weighted by molar-refractivity contribution is 0.563. The molecular weight excluding hydrogens is 383 g/mol. The van der Waals surface area contributed by atoms with Crippen LogP contribution in [0.3, 0.4) is 0 Å². The maximum atomic E-state index is 5.96. The van der Waals surface area contributed by atoms with Crippen LogP contribution in [0.15, 0.2) is 9.98 Å². The number of halogens is 2. The van der Waals surface area contributed by atoms with E-state index in [1.807, 2.05) is 0 Å². The minimum atomic E-state index is 0. The molecule has 0 atom stereocenters. The van der Waals surface area contributed by atoms with Crippen LogP contribution in [0.5, 0.6) is 0 Å². The number of hydrogen-bond donors (Lipinski definition) is 2. The minimum Gasteiger partial charge on any atom is -0.387 e. The van der Waals surface area contributed by atoms with Crippen molar-refractivity contribution in [2.24, 2.45) is 33.3 Å². The van der Waals surface area contributed by atoms with Gasteiger partial charge in [0.05, 0.1) is 11.5 Å². The van der Waals surface area contributed by atoms with Crippen LogP contribution >= 0.6 is 46.4 Å². The lowest BCUT2D eigenvalue weighted by Crippen LogP contribution is -2.18. The Morgan fingerprint density at radius 2 is 1.04 bits per heavy atom. The van der Waals surface area contributed by atoms with Crippen LogP contribution in [0.4, 0.5) is 0 Å². The van der Waals surface area contributed by atoms with Gasteiger partial charge in [0, 0.05) is 13.1 Å². The molecule has 0 bridgehead atoms. The van der Waals surface area contributed by atoms with Gasteiger partial charge < -0.3 is 11.5 Å². The van der Waals surface area contributed by atoms with Crippen molar-refractivity contribution >= 4 is 58.1 Å². The van der Waals surface area contributed by atoms with Crippen molar-refractivity contribution in [1.29, 1.82) is 0 Å². The highest BCUT2D eigenvalue weighted by atomic mass is 35.5. The number of amidine groups is 2. The van der Waals surface area contributed by atoms with Crippen LogP contribution in [0.1, 0.15) is 51.4 Å². The van der Waals surface area contributed by atoms with Crippen molar-refractivity contribution in [1.82, 2.24) is 0 Å². The summed E-state index contributed by atoms with van der Waals surface area (Å²) in [7, 11) is 3.46. The second-order valence-electron chi connectivity index (χ2n) is 6.49. The van der Waals surface area contributed by atoms with E-state index in [1.54, 1.807) is 21.6 Å². The number of hydrogen-bond acceptors (Lipinski definition) is 4. The molecule has 24 heavy (non-hydrogen) atoms. The van der Waals surface area contributed by atoms with Gasteiger partial charge >= 0.3 is 0 Å². The molecule has 0 aromatic rings. The van der Waals surface area contributed by atoms with E-state index in [0.717, 1.165) is 48.1 Å². The van der Waals surface area contributed by atoms with Crippen LogP contribution in [-0.4, -0.2) is 36.3 Å². The molecule has 0 aromatic carbocycles. The summed E-state index contributed by atoms with van der Waals surface area (Å²) in [6, 6.07) is 0. The maximum absolute atomic E-state index is 5.96. The molecule has 4 N–H and O–H groups in total. The third-order valence-corrected chi connectivity index (χ3v) is 6.75. The molecule has 0 spiro atoms. The molecule has 0 radical (unpaired) electrons. The van der Waals surface area contributed by atoms with Crippen LogP contribution in [-0.2, 0) is 0 Å². The normalized spacial score (nSPS) is 20.0. The first-order chi connectivity index (χ1) is 10.7. The maximum Gasteiger partial charge on any atom is 0.105 e. The summed E-state index contributed by atoms with van der Waals surface area (Å²) in [4.78, 5) is 9.02. The summed E-state index contributed by atoms with van der Waals surface area (Å²) in [6.07, 6.45) is 10.8. The molecule has 8 heteroatoms. The van der Waals surface area contributed by atoms with Gasteiger partial charge in [-0.1, -0.05) is 47.3 Å². The predicted octanol–water partition coefficient (Wildman–Crippen LogP) is 4.31. The van der Waals surface area contributed by atoms with Gasteiger partial charge in [-0.25, -0.2) is 0 Å². The lowest BCUT2D eigenvalue weighted by atomic mass is 10.1. The monoisotopic (exact) mass is 414 g/mol. The Labute approximate surface area is 167 Å². The van der Waals surface area contributed by atoms with Gasteiger partial charge in [-0.15, -0.1) is 24.8 Å². The Morgan fingerprint density at radius 3 is 1.38 bits per heavy atom. The molecule has 2 fully saturated rings. The molecule has 142 valence electrons. The molecule has 0 unspecified atom stereocenters. The third kappa shape index (κ3) is 10.3. The highest BCUT2D eigenvalue weighted by Gasteiger charge is 2.15. The van der Waals surface area contributed by atoms with Gasteiger partial charge in [-0.2, -0.15) is 0 Å². The molecule has 0 saturated heterocycles. The first-order valence-corrected chi connectivity index (χ1v) is 11.0. The average Bonchev–Trinajstić information content (AvgIpc) is 3.20. The molecule has 2 saturated carbocycles. The van der Waals surface area contributed by atoms with E-state index >= 15 is 0 Å². The Kier molecular flexibility index (Phi) is 14.5. The van der Waals surface area contributed by atoms with Gasteiger partial charge in [0.2, 0.25) is 0 Å². The van der Waals surface area contributed by atoms with Crippen LogP contribution in [0.2, 0.25) is 0 Å². The Hall–Kier alpha value is 0.220. The van der Waals surface area contributed by atoms with Crippen LogP contribution in [0.25, 0.3) is 0 Å². The fourth-order valence-electron chi connectivity index (χ4n) is 3.17. The second-order valence-corrected chi connectivity index (χ2v) is 8.95. The van der Waals surface area contributed by atoms with Crippen molar-refractivity contribution < 1.29 is 0 Å². The average molecular weight is 416 g/mol. The van der Waals surface area contributed by atoms with E-state index in [0.29, 0.717) is 0 Å². The zero-order valence-electron chi connectivity index (χ0n) is 14.3. The standard InChI is InChI=1S/C16H30N4S2.2ClH/c17-15(19-9-13-5-1-2-6-13)11-21-22-12-16(18)20-10-14-7-3-4-8-14;;/h13-14H,1-12H2,(H2,17,19)(H2,18,20);2*1H. The zero-order chi connectivity index (χ0) is 15.6. The van der Waals surface area contributed by atoms with Crippen molar-refractivity contribution in [3.63, 3.8) is 0 Å². The fourth-order valence-corrected chi connectivity index (χ4v) is 4.99. The summed E-state index contributed by atoms with van der Waals surface area (Å²) >= 11 is 0. The topological polar surface area (TPSA) is 76.8 Å². The Balaban J connectivity index is 0.00000264. The molecule has 0 heterocycles. The van der Waals surface area contributed by atoms with Gasteiger partial charge in [0.1, 0.15) is 11.7 Å². The molecule has 2 rings (SSSR count). The number of aliphatic imine (C=N–C) groups is 2. The van der Waals surface area contributed by atoms with E-state index in [2.05, 4.69) is 9.98 Å². The van der Waals surface area contributed by atoms with E-state index in [-0.39, 0.29) is 24.8 Å². The van der Waals surface area contributed by atoms with E-state index in [9.17, 15) is 0 Å². The summed E-state index contributed by atoms with van der Waals surface area (Å²) < 4.78 is 0. The van der Waals surface area contributed by atoms with Gasteiger partial charge in [0.15, 0.2) is 0 Å². The zero-order valence-corrected chi connectivity index (χ0v) is 17.6. The lowest BCUT2D eigenvalue weighted by Gasteiger charge is -2.07.